The highest BCUT2D eigenvalue weighted by Crippen LogP contribution is 2.49. The van der Waals surface area contributed by atoms with Crippen molar-refractivity contribution in [3.05, 3.63) is 45.8 Å². The van der Waals surface area contributed by atoms with Crippen molar-refractivity contribution in [2.24, 2.45) is 0 Å². The number of aliphatic hydroxyl groups excluding tert-OH is 1. The third-order valence-electron chi connectivity index (χ3n) is 4.28. The van der Waals surface area contributed by atoms with Gasteiger partial charge in [0.05, 0.1) is 12.2 Å². The summed E-state index contributed by atoms with van der Waals surface area (Å²) in [5, 5.41) is 19.2. The smallest absolute Gasteiger partial charge is 0.337 e. The number of hydrogen-bond acceptors (Lipinski definition) is 3. The Balaban J connectivity index is 2.28. The molecule has 4 heteroatoms. The number of carboxylic acid groups (broad SMARTS) is 1. The second kappa shape index (κ2) is 4.97. The van der Waals surface area contributed by atoms with Crippen LogP contribution in [-0.2, 0) is 18.4 Å². The van der Waals surface area contributed by atoms with Crippen molar-refractivity contribution in [2.75, 3.05) is 0 Å². The van der Waals surface area contributed by atoms with Gasteiger partial charge in [-0.05, 0) is 34.9 Å². The molecule has 0 bridgehead atoms. The lowest BCUT2D eigenvalue weighted by molar-refractivity contribution is 0.0695. The minimum Gasteiger partial charge on any atom is -0.478 e. The van der Waals surface area contributed by atoms with E-state index in [0.717, 1.165) is 34.4 Å². The maximum atomic E-state index is 11.8. The Hall–Kier alpha value is -1.65. The summed E-state index contributed by atoms with van der Waals surface area (Å²) in [5.74, 6) is -0.870. The van der Waals surface area contributed by atoms with Crippen molar-refractivity contribution in [3.8, 4) is 10.4 Å². The lowest BCUT2D eigenvalue weighted by Gasteiger charge is -2.19. The zero-order valence-corrected chi connectivity index (χ0v) is 13.0. The summed E-state index contributed by atoms with van der Waals surface area (Å²) < 4.78 is 0. The zero-order valence-electron chi connectivity index (χ0n) is 12.1. The second-order valence-electron chi connectivity index (χ2n) is 6.11. The van der Waals surface area contributed by atoms with Crippen molar-refractivity contribution in [1.82, 2.24) is 0 Å². The molecule has 1 heterocycles. The van der Waals surface area contributed by atoms with Crippen LogP contribution in [0.2, 0.25) is 0 Å². The Bertz CT molecular complexity index is 713. The number of carboxylic acids is 1. The first-order valence-corrected chi connectivity index (χ1v) is 7.86. The van der Waals surface area contributed by atoms with E-state index < -0.39 is 5.97 Å². The van der Waals surface area contributed by atoms with E-state index in [1.165, 1.54) is 4.88 Å². The topological polar surface area (TPSA) is 57.5 Å². The van der Waals surface area contributed by atoms with Gasteiger partial charge >= 0.3 is 5.97 Å². The fraction of sp³-hybridized carbons (Fsp3) is 0.353. The number of carbonyl (C=O) groups is 1. The van der Waals surface area contributed by atoms with E-state index in [1.807, 2.05) is 24.3 Å². The molecule has 0 unspecified atom stereocenters. The number of fused-ring (bicyclic) bond motifs is 1. The Morgan fingerprint density at radius 1 is 1.33 bits per heavy atom. The molecule has 0 aliphatic heterocycles. The number of thiophene rings is 1. The maximum Gasteiger partial charge on any atom is 0.337 e. The number of aliphatic hydroxyl groups is 1. The van der Waals surface area contributed by atoms with E-state index in [1.54, 1.807) is 11.3 Å². The average molecular weight is 302 g/mol. The number of aryl methyl sites for hydroxylation is 1. The molecular formula is C17H18O3S. The van der Waals surface area contributed by atoms with Gasteiger partial charge in [-0.3, -0.25) is 0 Å². The van der Waals surface area contributed by atoms with Crippen LogP contribution in [0.25, 0.3) is 10.4 Å². The number of hydrogen-bond donors (Lipinski definition) is 2. The predicted octanol–water partition coefficient (Wildman–Crippen LogP) is 3.83. The summed E-state index contributed by atoms with van der Waals surface area (Å²) >= 11 is 1.57. The third-order valence-corrected chi connectivity index (χ3v) is 5.56. The van der Waals surface area contributed by atoms with Crippen molar-refractivity contribution >= 4 is 17.3 Å². The molecule has 0 fully saturated rings. The first kappa shape index (κ1) is 14.3. The Morgan fingerprint density at radius 2 is 2.05 bits per heavy atom. The number of rotatable bonds is 3. The van der Waals surface area contributed by atoms with Gasteiger partial charge in [-0.25, -0.2) is 4.79 Å². The monoisotopic (exact) mass is 302 g/mol. The van der Waals surface area contributed by atoms with E-state index in [0.29, 0.717) is 5.56 Å². The van der Waals surface area contributed by atoms with E-state index in [9.17, 15) is 15.0 Å². The molecule has 21 heavy (non-hydrogen) atoms. The molecule has 0 saturated carbocycles. The number of benzene rings is 1. The van der Waals surface area contributed by atoms with Crippen molar-refractivity contribution in [2.45, 2.75) is 38.7 Å². The highest BCUT2D eigenvalue weighted by Gasteiger charge is 2.38. The van der Waals surface area contributed by atoms with E-state index >= 15 is 0 Å². The van der Waals surface area contributed by atoms with Crippen LogP contribution in [0, 0.1) is 0 Å². The van der Waals surface area contributed by atoms with Gasteiger partial charge in [0.1, 0.15) is 0 Å². The standard InChI is InChI=1S/C17H18O3S/c1-17(2)8-7-12-14(17)13(16(19)20)15(21-12)11-6-4-3-5-10(11)9-18/h3-6,18H,7-9H2,1-2H3,(H,19,20). The van der Waals surface area contributed by atoms with Crippen LogP contribution in [0.3, 0.4) is 0 Å². The molecule has 0 amide bonds. The molecular weight excluding hydrogens is 284 g/mol. The zero-order chi connectivity index (χ0) is 15.2. The van der Waals surface area contributed by atoms with Crippen molar-refractivity contribution in [1.29, 1.82) is 0 Å². The molecule has 110 valence electrons. The van der Waals surface area contributed by atoms with Crippen LogP contribution < -0.4 is 0 Å². The highest BCUT2D eigenvalue weighted by molar-refractivity contribution is 7.16. The van der Waals surface area contributed by atoms with E-state index in [4.69, 9.17) is 0 Å². The summed E-state index contributed by atoms with van der Waals surface area (Å²) in [7, 11) is 0. The van der Waals surface area contributed by atoms with E-state index in [-0.39, 0.29) is 12.0 Å². The van der Waals surface area contributed by atoms with Gasteiger partial charge in [-0.15, -0.1) is 11.3 Å². The minimum atomic E-state index is -0.870. The normalized spacial score (nSPS) is 16.0. The van der Waals surface area contributed by atoms with Crippen LogP contribution in [0.1, 0.15) is 46.6 Å². The molecule has 1 aromatic carbocycles. The molecule has 2 N–H and O–H groups in total. The lowest BCUT2D eigenvalue weighted by atomic mass is 9.84. The van der Waals surface area contributed by atoms with Gasteiger partial charge in [-0.1, -0.05) is 38.1 Å². The molecule has 0 saturated heterocycles. The quantitative estimate of drug-likeness (QED) is 0.906. The molecule has 1 aliphatic carbocycles. The SMILES string of the molecule is CC1(C)CCc2sc(-c3ccccc3CO)c(C(=O)O)c21. The van der Waals surface area contributed by atoms with Crippen molar-refractivity contribution in [3.63, 3.8) is 0 Å². The van der Waals surface area contributed by atoms with Crippen LogP contribution in [0.15, 0.2) is 24.3 Å². The minimum absolute atomic E-state index is 0.0822. The molecule has 0 radical (unpaired) electrons. The van der Waals surface area contributed by atoms with Crippen LogP contribution in [0.5, 0.6) is 0 Å². The van der Waals surface area contributed by atoms with Gasteiger partial charge in [0.15, 0.2) is 0 Å². The molecule has 1 aromatic heterocycles. The van der Waals surface area contributed by atoms with Gasteiger partial charge in [0.2, 0.25) is 0 Å². The molecule has 3 nitrogen and oxygen atoms in total. The van der Waals surface area contributed by atoms with Crippen LogP contribution in [0.4, 0.5) is 0 Å². The van der Waals surface area contributed by atoms with Gasteiger partial charge in [0.25, 0.3) is 0 Å². The highest BCUT2D eigenvalue weighted by atomic mass is 32.1. The third kappa shape index (κ3) is 2.19. The molecule has 2 aromatic rings. The van der Waals surface area contributed by atoms with Crippen LogP contribution >= 0.6 is 11.3 Å². The lowest BCUT2D eigenvalue weighted by Crippen LogP contribution is -2.16. The molecule has 0 atom stereocenters. The van der Waals surface area contributed by atoms with Crippen molar-refractivity contribution < 1.29 is 15.0 Å². The van der Waals surface area contributed by atoms with Gasteiger partial charge < -0.3 is 10.2 Å². The van der Waals surface area contributed by atoms with Crippen LogP contribution in [-0.4, -0.2) is 16.2 Å². The molecule has 3 rings (SSSR count). The summed E-state index contributed by atoms with van der Waals surface area (Å²) in [5.41, 5.74) is 2.94. The number of aromatic carboxylic acids is 1. The maximum absolute atomic E-state index is 11.8. The fourth-order valence-electron chi connectivity index (χ4n) is 3.19. The second-order valence-corrected chi connectivity index (χ2v) is 7.21. The van der Waals surface area contributed by atoms with Gasteiger partial charge in [-0.2, -0.15) is 0 Å². The van der Waals surface area contributed by atoms with E-state index in [2.05, 4.69) is 13.8 Å². The summed E-state index contributed by atoms with van der Waals surface area (Å²) in [6, 6.07) is 7.49. The summed E-state index contributed by atoms with van der Waals surface area (Å²) in [4.78, 5) is 13.8. The predicted molar refractivity (Wildman–Crippen MR) is 84.0 cm³/mol. The Morgan fingerprint density at radius 3 is 2.71 bits per heavy atom. The summed E-state index contributed by atoms with van der Waals surface area (Å²) in [6.07, 6.45) is 1.94. The first-order valence-electron chi connectivity index (χ1n) is 7.04. The van der Waals surface area contributed by atoms with Gasteiger partial charge in [0, 0.05) is 9.75 Å². The fourth-order valence-corrected chi connectivity index (χ4v) is 4.73. The average Bonchev–Trinajstić information content (AvgIpc) is 2.97. The largest absolute Gasteiger partial charge is 0.478 e. The Kier molecular flexibility index (Phi) is 3.38. The first-order chi connectivity index (χ1) is 9.95. The summed E-state index contributed by atoms with van der Waals surface area (Å²) in [6.45, 7) is 4.14. The molecule has 1 aliphatic rings. The molecule has 0 spiro atoms. The Labute approximate surface area is 127 Å².